The second kappa shape index (κ2) is 6.32. The molecule has 0 bridgehead atoms. The Balaban J connectivity index is 2.24. The van der Waals surface area contributed by atoms with Crippen LogP contribution >= 0.6 is 34.7 Å². The summed E-state index contributed by atoms with van der Waals surface area (Å²) in [5.74, 6) is -0.761. The van der Waals surface area contributed by atoms with E-state index < -0.39 is 5.97 Å². The van der Waals surface area contributed by atoms with Crippen LogP contribution in [0.3, 0.4) is 0 Å². The fraction of sp³-hybridized carbons (Fsp3) is 0.154. The van der Waals surface area contributed by atoms with E-state index in [4.69, 9.17) is 21.4 Å². The smallest absolute Gasteiger partial charge is 0.349 e. The van der Waals surface area contributed by atoms with Crippen molar-refractivity contribution in [1.29, 1.82) is 0 Å². The second-order valence-corrected chi connectivity index (χ2v) is 6.12. The van der Waals surface area contributed by atoms with Gasteiger partial charge >= 0.3 is 5.97 Å². The first-order valence-corrected chi connectivity index (χ1v) is 7.81. The van der Waals surface area contributed by atoms with Crippen molar-refractivity contribution >= 4 is 40.7 Å². The second-order valence-electron chi connectivity index (χ2n) is 3.65. The van der Waals surface area contributed by atoms with Crippen LogP contribution in [0.5, 0.6) is 5.75 Å². The maximum atomic E-state index is 11.2. The Kier molecular flexibility index (Phi) is 4.74. The maximum Gasteiger partial charge on any atom is 0.349 e. The van der Waals surface area contributed by atoms with Crippen LogP contribution in [0.15, 0.2) is 34.5 Å². The Labute approximate surface area is 124 Å². The number of halogens is 1. The zero-order valence-electron chi connectivity index (χ0n) is 10.1. The van der Waals surface area contributed by atoms with E-state index >= 15 is 0 Å². The highest BCUT2D eigenvalue weighted by Crippen LogP contribution is 2.44. The minimum absolute atomic E-state index is 0.144. The highest BCUT2D eigenvalue weighted by molar-refractivity contribution is 8.00. The standard InChI is InChI=1S/C13H11ClO3S2/c1-18-13-9(14)10(11(19-13)12(15)16)17-7-8-5-3-2-4-6-8/h2-6H,7H2,1H3,(H,15,16). The molecule has 6 heteroatoms. The first-order chi connectivity index (χ1) is 9.13. The highest BCUT2D eigenvalue weighted by atomic mass is 35.5. The Morgan fingerprint density at radius 3 is 2.68 bits per heavy atom. The lowest BCUT2D eigenvalue weighted by molar-refractivity contribution is 0.0697. The zero-order valence-corrected chi connectivity index (χ0v) is 12.4. The molecule has 0 aliphatic heterocycles. The molecule has 0 saturated heterocycles. The van der Waals surface area contributed by atoms with Crippen molar-refractivity contribution in [3.8, 4) is 5.75 Å². The lowest BCUT2D eigenvalue weighted by Gasteiger charge is -2.06. The van der Waals surface area contributed by atoms with Gasteiger partial charge in [-0.2, -0.15) is 0 Å². The number of hydrogen-bond donors (Lipinski definition) is 1. The van der Waals surface area contributed by atoms with Gasteiger partial charge in [-0.15, -0.1) is 23.1 Å². The zero-order chi connectivity index (χ0) is 13.8. The molecular formula is C13H11ClO3S2. The molecule has 2 rings (SSSR count). The van der Waals surface area contributed by atoms with Gasteiger partial charge in [-0.1, -0.05) is 41.9 Å². The van der Waals surface area contributed by atoms with Gasteiger partial charge in [0.15, 0.2) is 10.6 Å². The van der Waals surface area contributed by atoms with Crippen LogP contribution in [-0.4, -0.2) is 17.3 Å². The summed E-state index contributed by atoms with van der Waals surface area (Å²) in [6.07, 6.45) is 1.85. The van der Waals surface area contributed by atoms with Crippen molar-refractivity contribution in [3.63, 3.8) is 0 Å². The lowest BCUT2D eigenvalue weighted by Crippen LogP contribution is -2.00. The number of aromatic carboxylic acids is 1. The molecule has 0 saturated carbocycles. The molecule has 2 aromatic rings. The third kappa shape index (κ3) is 3.23. The molecule has 100 valence electrons. The van der Waals surface area contributed by atoms with E-state index in [2.05, 4.69) is 0 Å². The molecule has 0 radical (unpaired) electrons. The van der Waals surface area contributed by atoms with E-state index in [-0.39, 0.29) is 10.6 Å². The van der Waals surface area contributed by atoms with Crippen molar-refractivity contribution in [3.05, 3.63) is 45.8 Å². The van der Waals surface area contributed by atoms with E-state index in [9.17, 15) is 4.79 Å². The summed E-state index contributed by atoms with van der Waals surface area (Å²) in [4.78, 5) is 11.3. The van der Waals surface area contributed by atoms with Crippen molar-refractivity contribution in [1.82, 2.24) is 0 Å². The minimum Gasteiger partial charge on any atom is -0.485 e. The molecule has 1 N–H and O–H groups in total. The van der Waals surface area contributed by atoms with Crippen molar-refractivity contribution in [2.24, 2.45) is 0 Å². The van der Waals surface area contributed by atoms with Crippen molar-refractivity contribution in [2.75, 3.05) is 6.26 Å². The van der Waals surface area contributed by atoms with Crippen LogP contribution in [0.4, 0.5) is 0 Å². The Morgan fingerprint density at radius 1 is 1.42 bits per heavy atom. The van der Waals surface area contributed by atoms with Gasteiger partial charge in [0.25, 0.3) is 0 Å². The summed E-state index contributed by atoms with van der Waals surface area (Å²) >= 11 is 8.69. The van der Waals surface area contributed by atoms with Crippen LogP contribution in [0.25, 0.3) is 0 Å². The molecule has 0 aliphatic carbocycles. The first-order valence-electron chi connectivity index (χ1n) is 5.39. The van der Waals surface area contributed by atoms with Crippen LogP contribution < -0.4 is 4.74 Å². The normalized spacial score (nSPS) is 10.4. The predicted octanol–water partition coefficient (Wildman–Crippen LogP) is 4.40. The van der Waals surface area contributed by atoms with Gasteiger partial charge in [0, 0.05) is 0 Å². The summed E-state index contributed by atoms with van der Waals surface area (Å²) in [6, 6.07) is 9.54. The minimum atomic E-state index is -1.02. The maximum absolute atomic E-state index is 11.2. The van der Waals surface area contributed by atoms with E-state index in [1.807, 2.05) is 36.6 Å². The average Bonchev–Trinajstić information content (AvgIpc) is 2.74. The van der Waals surface area contributed by atoms with Crippen LogP contribution in [0, 0.1) is 0 Å². The first kappa shape index (κ1) is 14.2. The number of thiophene rings is 1. The van der Waals surface area contributed by atoms with E-state index in [0.717, 1.165) is 21.1 Å². The average molecular weight is 315 g/mol. The Hall–Kier alpha value is -1.17. The van der Waals surface area contributed by atoms with Crippen LogP contribution in [-0.2, 0) is 6.61 Å². The number of carbonyl (C=O) groups is 1. The Morgan fingerprint density at radius 2 is 2.11 bits per heavy atom. The van der Waals surface area contributed by atoms with Gasteiger partial charge in [-0.25, -0.2) is 4.79 Å². The summed E-state index contributed by atoms with van der Waals surface area (Å²) < 4.78 is 6.33. The van der Waals surface area contributed by atoms with Crippen molar-refractivity contribution < 1.29 is 14.6 Å². The number of carboxylic acids is 1. The molecule has 1 heterocycles. The molecule has 19 heavy (non-hydrogen) atoms. The van der Waals surface area contributed by atoms with Gasteiger partial charge < -0.3 is 9.84 Å². The number of carboxylic acid groups (broad SMARTS) is 1. The van der Waals surface area contributed by atoms with Gasteiger partial charge in [0.2, 0.25) is 0 Å². The predicted molar refractivity (Wildman–Crippen MR) is 78.8 cm³/mol. The molecule has 0 aliphatic rings. The molecule has 0 fully saturated rings. The fourth-order valence-corrected chi connectivity index (χ4v) is 3.62. The van der Waals surface area contributed by atoms with Gasteiger partial charge in [-0.05, 0) is 11.8 Å². The number of hydrogen-bond acceptors (Lipinski definition) is 4. The number of ether oxygens (including phenoxy) is 1. The molecule has 0 unspecified atom stereocenters. The SMILES string of the molecule is CSc1sc(C(=O)O)c(OCc2ccccc2)c1Cl. The van der Waals surface area contributed by atoms with Crippen molar-refractivity contribution in [2.45, 2.75) is 10.8 Å². The topological polar surface area (TPSA) is 46.5 Å². The summed E-state index contributed by atoms with van der Waals surface area (Å²) in [6.45, 7) is 0.297. The third-order valence-electron chi connectivity index (χ3n) is 2.39. The van der Waals surface area contributed by atoms with E-state index in [1.165, 1.54) is 11.8 Å². The number of rotatable bonds is 5. The van der Waals surface area contributed by atoms with E-state index in [0.29, 0.717) is 11.6 Å². The highest BCUT2D eigenvalue weighted by Gasteiger charge is 2.22. The molecule has 3 nitrogen and oxygen atoms in total. The van der Waals surface area contributed by atoms with Crippen LogP contribution in [0.2, 0.25) is 5.02 Å². The lowest BCUT2D eigenvalue weighted by atomic mass is 10.2. The molecule has 1 aromatic carbocycles. The monoisotopic (exact) mass is 314 g/mol. The quantitative estimate of drug-likeness (QED) is 0.831. The summed E-state index contributed by atoms with van der Waals surface area (Å²) in [7, 11) is 0. The van der Waals surface area contributed by atoms with E-state index in [1.54, 1.807) is 0 Å². The molecule has 0 amide bonds. The Bertz CT molecular complexity index is 581. The summed E-state index contributed by atoms with van der Waals surface area (Å²) in [5, 5.41) is 9.54. The van der Waals surface area contributed by atoms with Crippen LogP contribution in [0.1, 0.15) is 15.2 Å². The molecule has 1 aromatic heterocycles. The number of thioether (sulfide) groups is 1. The number of benzene rings is 1. The summed E-state index contributed by atoms with van der Waals surface area (Å²) in [5.41, 5.74) is 0.965. The molecule has 0 atom stereocenters. The van der Waals surface area contributed by atoms with Gasteiger partial charge in [-0.3, -0.25) is 0 Å². The van der Waals surface area contributed by atoms with Gasteiger partial charge in [0.1, 0.15) is 11.6 Å². The molecule has 0 spiro atoms. The fourth-order valence-electron chi connectivity index (χ4n) is 1.51. The third-order valence-corrected chi connectivity index (χ3v) is 5.25. The van der Waals surface area contributed by atoms with Gasteiger partial charge in [0.05, 0.1) is 4.21 Å². The largest absolute Gasteiger partial charge is 0.485 e. The molecular weight excluding hydrogens is 304 g/mol.